The molecule has 1 aliphatic rings. The number of carbonyl (C=O) groups is 3. The Balaban J connectivity index is 1.75. The van der Waals surface area contributed by atoms with E-state index in [1.54, 1.807) is 25.1 Å². The SMILES string of the molecule is C[C@H](Oc1cccc(Br)c1)C(=O)NNC(=O)CN1CSCC1=O. The molecule has 2 rings (SSSR count). The van der Waals surface area contributed by atoms with Gasteiger partial charge in [-0.15, -0.1) is 11.8 Å². The van der Waals surface area contributed by atoms with Gasteiger partial charge in [0.05, 0.1) is 11.6 Å². The average Bonchev–Trinajstić information content (AvgIpc) is 2.90. The van der Waals surface area contributed by atoms with Crippen molar-refractivity contribution in [3.63, 3.8) is 0 Å². The molecular formula is C14H16BrN3O4S. The van der Waals surface area contributed by atoms with Gasteiger partial charge in [-0.25, -0.2) is 0 Å². The van der Waals surface area contributed by atoms with Crippen LogP contribution in [-0.4, -0.2) is 46.9 Å². The number of nitrogens with one attached hydrogen (secondary N) is 2. The number of halogens is 1. The first-order chi connectivity index (χ1) is 11.0. The van der Waals surface area contributed by atoms with E-state index < -0.39 is 17.9 Å². The number of carbonyl (C=O) groups excluding carboxylic acids is 3. The Morgan fingerprint density at radius 1 is 1.43 bits per heavy atom. The smallest absolute Gasteiger partial charge is 0.279 e. The summed E-state index contributed by atoms with van der Waals surface area (Å²) in [7, 11) is 0. The van der Waals surface area contributed by atoms with Gasteiger partial charge in [0.25, 0.3) is 11.8 Å². The van der Waals surface area contributed by atoms with Gasteiger partial charge in [0.2, 0.25) is 5.91 Å². The van der Waals surface area contributed by atoms with E-state index in [4.69, 9.17) is 4.74 Å². The first-order valence-corrected chi connectivity index (χ1v) is 8.77. The van der Waals surface area contributed by atoms with Crippen molar-refractivity contribution >= 4 is 45.4 Å². The van der Waals surface area contributed by atoms with Crippen LogP contribution >= 0.6 is 27.7 Å². The van der Waals surface area contributed by atoms with Gasteiger partial charge in [0, 0.05) is 4.47 Å². The number of hydrogen-bond acceptors (Lipinski definition) is 5. The highest BCUT2D eigenvalue weighted by molar-refractivity contribution is 9.10. The van der Waals surface area contributed by atoms with Crippen LogP contribution in [0, 0.1) is 0 Å². The maximum atomic E-state index is 11.9. The molecule has 0 bridgehead atoms. The molecule has 7 nitrogen and oxygen atoms in total. The quantitative estimate of drug-likeness (QED) is 0.715. The Morgan fingerprint density at radius 3 is 2.87 bits per heavy atom. The van der Waals surface area contributed by atoms with Gasteiger partial charge in [-0.3, -0.25) is 25.2 Å². The van der Waals surface area contributed by atoms with Gasteiger partial charge < -0.3 is 9.64 Å². The second-order valence-electron chi connectivity index (χ2n) is 4.82. The fraction of sp³-hybridized carbons (Fsp3) is 0.357. The summed E-state index contributed by atoms with van der Waals surface area (Å²) in [6.07, 6.45) is -0.784. The van der Waals surface area contributed by atoms with Crippen molar-refractivity contribution in [2.45, 2.75) is 13.0 Å². The van der Waals surface area contributed by atoms with Gasteiger partial charge in [-0.05, 0) is 25.1 Å². The molecule has 1 aromatic carbocycles. The molecule has 1 heterocycles. The van der Waals surface area contributed by atoms with Crippen molar-refractivity contribution in [1.82, 2.24) is 15.8 Å². The summed E-state index contributed by atoms with van der Waals surface area (Å²) >= 11 is 4.76. The minimum atomic E-state index is -0.784. The average molecular weight is 402 g/mol. The standard InChI is InChI=1S/C14H16BrN3O4S/c1-9(22-11-4-2-3-10(15)5-11)14(21)17-16-12(19)6-18-8-23-7-13(18)20/h2-5,9H,6-8H2,1H3,(H,16,19)(H,17,21)/t9-/m0/s1. The molecule has 0 aliphatic carbocycles. The second kappa shape index (κ2) is 8.21. The molecule has 23 heavy (non-hydrogen) atoms. The van der Waals surface area contributed by atoms with E-state index in [9.17, 15) is 14.4 Å². The summed E-state index contributed by atoms with van der Waals surface area (Å²) in [5.74, 6) is 0.389. The summed E-state index contributed by atoms with van der Waals surface area (Å²) in [6.45, 7) is 1.50. The Kier molecular flexibility index (Phi) is 6.28. The molecule has 0 spiro atoms. The lowest BCUT2D eigenvalue weighted by atomic mass is 10.3. The van der Waals surface area contributed by atoms with Crippen molar-refractivity contribution in [3.8, 4) is 5.75 Å². The number of ether oxygens (including phenoxy) is 1. The van der Waals surface area contributed by atoms with Crippen LogP contribution in [-0.2, 0) is 14.4 Å². The lowest BCUT2D eigenvalue weighted by Crippen LogP contribution is -2.50. The van der Waals surface area contributed by atoms with Crippen molar-refractivity contribution in [3.05, 3.63) is 28.7 Å². The summed E-state index contributed by atoms with van der Waals surface area (Å²) in [5.41, 5.74) is 4.56. The third-order valence-corrected chi connectivity index (χ3v) is 4.40. The molecule has 124 valence electrons. The van der Waals surface area contributed by atoms with Crippen LogP contribution in [0.25, 0.3) is 0 Å². The van der Waals surface area contributed by atoms with E-state index in [0.717, 1.165) is 4.47 Å². The molecule has 9 heteroatoms. The van der Waals surface area contributed by atoms with Gasteiger partial charge in [-0.2, -0.15) is 0 Å². The van der Waals surface area contributed by atoms with Gasteiger partial charge in [-0.1, -0.05) is 22.0 Å². The van der Waals surface area contributed by atoms with E-state index in [2.05, 4.69) is 26.8 Å². The van der Waals surface area contributed by atoms with Crippen LogP contribution < -0.4 is 15.6 Å². The summed E-state index contributed by atoms with van der Waals surface area (Å²) in [6, 6.07) is 7.09. The number of hydrogen-bond donors (Lipinski definition) is 2. The molecule has 2 N–H and O–H groups in total. The normalized spacial score (nSPS) is 15.2. The predicted octanol–water partition coefficient (Wildman–Crippen LogP) is 0.897. The van der Waals surface area contributed by atoms with Gasteiger partial charge in [0.1, 0.15) is 12.3 Å². The number of amides is 3. The monoisotopic (exact) mass is 401 g/mol. The largest absolute Gasteiger partial charge is 0.481 e. The van der Waals surface area contributed by atoms with Crippen LogP contribution in [0.1, 0.15) is 6.92 Å². The summed E-state index contributed by atoms with van der Waals surface area (Å²) in [5, 5.41) is 0. The zero-order valence-electron chi connectivity index (χ0n) is 12.4. The zero-order valence-corrected chi connectivity index (χ0v) is 14.8. The third kappa shape index (κ3) is 5.43. The van der Waals surface area contributed by atoms with Crippen LogP contribution in [0.15, 0.2) is 28.7 Å². The topological polar surface area (TPSA) is 87.7 Å². The fourth-order valence-electron chi connectivity index (χ4n) is 1.78. The number of thioether (sulfide) groups is 1. The van der Waals surface area contributed by atoms with Crippen molar-refractivity contribution in [2.75, 3.05) is 18.2 Å². The van der Waals surface area contributed by atoms with Crippen LogP contribution in [0.5, 0.6) is 5.75 Å². The molecule has 0 radical (unpaired) electrons. The number of benzene rings is 1. The molecule has 1 atom stereocenters. The number of hydrazine groups is 1. The first kappa shape index (κ1) is 17.6. The molecule has 1 aromatic rings. The first-order valence-electron chi connectivity index (χ1n) is 6.82. The van der Waals surface area contributed by atoms with Crippen molar-refractivity contribution in [2.24, 2.45) is 0 Å². The van der Waals surface area contributed by atoms with E-state index in [1.165, 1.54) is 16.7 Å². The molecule has 0 aromatic heterocycles. The maximum Gasteiger partial charge on any atom is 0.279 e. The summed E-state index contributed by atoms with van der Waals surface area (Å²) < 4.78 is 6.32. The fourth-order valence-corrected chi connectivity index (χ4v) is 3.07. The molecule has 3 amide bonds. The van der Waals surface area contributed by atoms with Crippen molar-refractivity contribution in [1.29, 1.82) is 0 Å². The van der Waals surface area contributed by atoms with E-state index in [1.807, 2.05) is 6.07 Å². The van der Waals surface area contributed by atoms with Gasteiger partial charge in [0.15, 0.2) is 6.10 Å². The minimum Gasteiger partial charge on any atom is -0.481 e. The van der Waals surface area contributed by atoms with Crippen LogP contribution in [0.2, 0.25) is 0 Å². The highest BCUT2D eigenvalue weighted by Crippen LogP contribution is 2.18. The van der Waals surface area contributed by atoms with E-state index in [0.29, 0.717) is 17.4 Å². The minimum absolute atomic E-state index is 0.0764. The predicted molar refractivity (Wildman–Crippen MR) is 89.6 cm³/mol. The van der Waals surface area contributed by atoms with E-state index in [-0.39, 0.29) is 12.5 Å². The Labute approximate surface area is 146 Å². The molecule has 0 unspecified atom stereocenters. The summed E-state index contributed by atoms with van der Waals surface area (Å²) in [4.78, 5) is 36.4. The molecule has 1 saturated heterocycles. The maximum absolute atomic E-state index is 11.9. The Bertz CT molecular complexity index is 613. The molecule has 0 saturated carbocycles. The second-order valence-corrected chi connectivity index (χ2v) is 6.69. The van der Waals surface area contributed by atoms with Crippen LogP contribution in [0.4, 0.5) is 0 Å². The van der Waals surface area contributed by atoms with Gasteiger partial charge >= 0.3 is 0 Å². The highest BCUT2D eigenvalue weighted by Gasteiger charge is 2.23. The van der Waals surface area contributed by atoms with Crippen molar-refractivity contribution < 1.29 is 19.1 Å². The third-order valence-electron chi connectivity index (χ3n) is 2.96. The Morgan fingerprint density at radius 2 is 2.22 bits per heavy atom. The zero-order chi connectivity index (χ0) is 16.8. The molecule has 1 fully saturated rings. The molecular weight excluding hydrogens is 386 g/mol. The number of nitrogens with zero attached hydrogens (tertiary/aromatic N) is 1. The van der Waals surface area contributed by atoms with E-state index >= 15 is 0 Å². The number of rotatable bonds is 5. The Hall–Kier alpha value is -1.74. The lowest BCUT2D eigenvalue weighted by molar-refractivity contribution is -0.135. The highest BCUT2D eigenvalue weighted by atomic mass is 79.9. The lowest BCUT2D eigenvalue weighted by Gasteiger charge is -2.17. The molecule has 1 aliphatic heterocycles. The van der Waals surface area contributed by atoms with Crippen LogP contribution in [0.3, 0.4) is 0 Å².